The third kappa shape index (κ3) is 3.97. The molecular formula is C20H16FN7O2. The first kappa shape index (κ1) is 19.1. The third-order valence-corrected chi connectivity index (χ3v) is 4.41. The Bertz CT molecular complexity index is 1210. The van der Waals surface area contributed by atoms with Crippen LogP contribution in [0.5, 0.6) is 0 Å². The van der Waals surface area contributed by atoms with Gasteiger partial charge in [-0.15, -0.1) is 0 Å². The van der Waals surface area contributed by atoms with Crippen LogP contribution in [0, 0.1) is 5.82 Å². The lowest BCUT2D eigenvalue weighted by molar-refractivity contribution is -0.119. The molecule has 0 aliphatic heterocycles. The second-order valence-corrected chi connectivity index (χ2v) is 6.45. The minimum absolute atomic E-state index is 0.0807. The van der Waals surface area contributed by atoms with Gasteiger partial charge in [-0.2, -0.15) is 5.10 Å². The van der Waals surface area contributed by atoms with Crippen molar-refractivity contribution in [2.75, 3.05) is 10.6 Å². The number of amides is 2. The maximum atomic E-state index is 13.8. The molecule has 4 rings (SSSR count). The molecule has 0 radical (unpaired) electrons. The summed E-state index contributed by atoms with van der Waals surface area (Å²) in [6, 6.07) is 8.34. The minimum Gasteiger partial charge on any atom is -0.324 e. The summed E-state index contributed by atoms with van der Waals surface area (Å²) in [5.41, 5.74) is 1.71. The van der Waals surface area contributed by atoms with Gasteiger partial charge >= 0.3 is 0 Å². The van der Waals surface area contributed by atoms with Crippen molar-refractivity contribution in [1.82, 2.24) is 24.7 Å². The molecule has 0 saturated heterocycles. The van der Waals surface area contributed by atoms with Gasteiger partial charge in [0.2, 0.25) is 5.91 Å². The highest BCUT2D eigenvalue weighted by Gasteiger charge is 2.16. The predicted octanol–water partition coefficient (Wildman–Crippen LogP) is 2.81. The van der Waals surface area contributed by atoms with E-state index in [1.165, 1.54) is 35.8 Å². The lowest BCUT2D eigenvalue weighted by Crippen LogP contribution is -2.24. The van der Waals surface area contributed by atoms with Gasteiger partial charge in [0, 0.05) is 29.8 Å². The van der Waals surface area contributed by atoms with E-state index in [9.17, 15) is 14.0 Å². The Labute approximate surface area is 170 Å². The number of hydrogen-bond donors (Lipinski definition) is 2. The largest absolute Gasteiger partial charge is 0.324 e. The number of carbonyl (C=O) groups excluding carboxylic acids is 2. The minimum atomic E-state index is -0.576. The van der Waals surface area contributed by atoms with Gasteiger partial charge in [0.1, 0.15) is 30.0 Å². The Balaban J connectivity index is 1.46. The van der Waals surface area contributed by atoms with Crippen LogP contribution in [0.3, 0.4) is 0 Å². The molecule has 0 aliphatic carbocycles. The molecule has 9 nitrogen and oxygen atoms in total. The number of hydrogen-bond acceptors (Lipinski definition) is 6. The van der Waals surface area contributed by atoms with Crippen molar-refractivity contribution >= 4 is 34.2 Å². The Morgan fingerprint density at radius 3 is 2.43 bits per heavy atom. The van der Waals surface area contributed by atoms with Crippen molar-refractivity contribution in [2.45, 2.75) is 13.0 Å². The summed E-state index contributed by atoms with van der Waals surface area (Å²) in [6.45, 7) is 1.70. The predicted molar refractivity (Wildman–Crippen MR) is 107 cm³/mol. The summed E-state index contributed by atoms with van der Waals surface area (Å²) >= 11 is 0. The monoisotopic (exact) mass is 405 g/mol. The molecular weight excluding hydrogens is 389 g/mol. The molecule has 150 valence electrons. The second-order valence-electron chi connectivity index (χ2n) is 6.45. The number of anilines is 2. The molecule has 2 N–H and O–H groups in total. The second kappa shape index (κ2) is 8.03. The molecule has 2 aromatic carbocycles. The first-order valence-corrected chi connectivity index (χ1v) is 8.98. The van der Waals surface area contributed by atoms with E-state index in [0.29, 0.717) is 22.4 Å². The normalized spacial score (nSPS) is 11.8. The number of rotatable bonds is 5. The van der Waals surface area contributed by atoms with Crippen LogP contribution in [0.25, 0.3) is 11.0 Å². The fourth-order valence-electron chi connectivity index (χ4n) is 2.83. The van der Waals surface area contributed by atoms with Gasteiger partial charge in [0.25, 0.3) is 5.91 Å². The van der Waals surface area contributed by atoms with Crippen LogP contribution in [0.15, 0.2) is 61.4 Å². The van der Waals surface area contributed by atoms with E-state index in [-0.39, 0.29) is 11.5 Å². The Morgan fingerprint density at radius 1 is 1.03 bits per heavy atom. The molecule has 1 unspecified atom stereocenters. The number of halogens is 1. The number of aromatic nitrogens is 5. The SMILES string of the molecule is CC(C(=O)Nc1ccc(NC(=O)c2cc(F)cc3nccnc23)cc1)n1cncn1. The van der Waals surface area contributed by atoms with Crippen molar-refractivity contribution in [3.8, 4) is 0 Å². The summed E-state index contributed by atoms with van der Waals surface area (Å²) in [5, 5.41) is 9.40. The number of benzene rings is 2. The fraction of sp³-hybridized carbons (Fsp3) is 0.100. The molecule has 2 heterocycles. The van der Waals surface area contributed by atoms with Gasteiger partial charge < -0.3 is 10.6 Å². The maximum Gasteiger partial charge on any atom is 0.258 e. The van der Waals surface area contributed by atoms with E-state index >= 15 is 0 Å². The van der Waals surface area contributed by atoms with Crippen molar-refractivity contribution in [3.63, 3.8) is 0 Å². The zero-order valence-corrected chi connectivity index (χ0v) is 15.8. The van der Waals surface area contributed by atoms with Crippen LogP contribution >= 0.6 is 0 Å². The van der Waals surface area contributed by atoms with Crippen molar-refractivity contribution in [2.24, 2.45) is 0 Å². The molecule has 4 aromatic rings. The van der Waals surface area contributed by atoms with Crippen LogP contribution in [0.2, 0.25) is 0 Å². The maximum absolute atomic E-state index is 13.8. The Morgan fingerprint density at radius 2 is 1.73 bits per heavy atom. The fourth-order valence-corrected chi connectivity index (χ4v) is 2.83. The Hall–Kier alpha value is -4.21. The number of carbonyl (C=O) groups is 2. The van der Waals surface area contributed by atoms with Crippen molar-refractivity contribution < 1.29 is 14.0 Å². The third-order valence-electron chi connectivity index (χ3n) is 4.41. The molecule has 0 saturated carbocycles. The standard InChI is InChI=1S/C20H16FN7O2/c1-12(28-11-22-10-25-28)19(29)26-14-2-4-15(5-3-14)27-20(30)16-8-13(21)9-17-18(16)24-7-6-23-17/h2-12H,1H3,(H,26,29)(H,27,30). The highest BCUT2D eigenvalue weighted by atomic mass is 19.1. The van der Waals surface area contributed by atoms with E-state index in [1.54, 1.807) is 31.2 Å². The van der Waals surface area contributed by atoms with E-state index < -0.39 is 17.8 Å². The van der Waals surface area contributed by atoms with Gasteiger partial charge in [-0.05, 0) is 37.3 Å². The summed E-state index contributed by atoms with van der Waals surface area (Å²) in [5.74, 6) is -1.36. The highest BCUT2D eigenvalue weighted by molar-refractivity contribution is 6.11. The summed E-state index contributed by atoms with van der Waals surface area (Å²) in [6.07, 6.45) is 5.69. The number of nitrogens with one attached hydrogen (secondary N) is 2. The summed E-state index contributed by atoms with van der Waals surface area (Å²) in [4.78, 5) is 36.9. The lowest BCUT2D eigenvalue weighted by atomic mass is 10.1. The molecule has 0 spiro atoms. The van der Waals surface area contributed by atoms with Crippen LogP contribution in [-0.4, -0.2) is 36.5 Å². The van der Waals surface area contributed by atoms with E-state index in [2.05, 4.69) is 30.7 Å². The zero-order valence-electron chi connectivity index (χ0n) is 15.8. The van der Waals surface area contributed by atoms with Gasteiger partial charge in [-0.25, -0.2) is 14.1 Å². The number of nitrogens with zero attached hydrogens (tertiary/aromatic N) is 5. The number of fused-ring (bicyclic) bond motifs is 1. The van der Waals surface area contributed by atoms with E-state index in [4.69, 9.17) is 0 Å². The quantitative estimate of drug-likeness (QED) is 0.528. The van der Waals surface area contributed by atoms with Gasteiger partial charge in [-0.3, -0.25) is 19.6 Å². The molecule has 2 aromatic heterocycles. The molecule has 30 heavy (non-hydrogen) atoms. The lowest BCUT2D eigenvalue weighted by Gasteiger charge is -2.13. The summed E-state index contributed by atoms with van der Waals surface area (Å²) in [7, 11) is 0. The van der Waals surface area contributed by atoms with Gasteiger partial charge in [-0.1, -0.05) is 0 Å². The molecule has 0 aliphatic rings. The first-order chi connectivity index (χ1) is 14.5. The van der Waals surface area contributed by atoms with Crippen LogP contribution in [-0.2, 0) is 4.79 Å². The Kier molecular flexibility index (Phi) is 5.12. The average Bonchev–Trinajstić information content (AvgIpc) is 3.28. The van der Waals surface area contributed by atoms with Gasteiger partial charge in [0.15, 0.2) is 0 Å². The van der Waals surface area contributed by atoms with Crippen molar-refractivity contribution in [3.05, 3.63) is 72.8 Å². The highest BCUT2D eigenvalue weighted by Crippen LogP contribution is 2.20. The molecule has 10 heteroatoms. The van der Waals surface area contributed by atoms with E-state index in [1.807, 2.05) is 0 Å². The van der Waals surface area contributed by atoms with Crippen LogP contribution in [0.4, 0.5) is 15.8 Å². The zero-order chi connectivity index (χ0) is 21.1. The van der Waals surface area contributed by atoms with E-state index in [0.717, 1.165) is 6.07 Å². The van der Waals surface area contributed by atoms with Gasteiger partial charge in [0.05, 0.1) is 11.1 Å². The smallest absolute Gasteiger partial charge is 0.258 e. The summed E-state index contributed by atoms with van der Waals surface area (Å²) < 4.78 is 15.3. The molecule has 0 fully saturated rings. The molecule has 0 bridgehead atoms. The average molecular weight is 405 g/mol. The topological polar surface area (TPSA) is 115 Å². The van der Waals surface area contributed by atoms with Crippen LogP contribution < -0.4 is 10.6 Å². The van der Waals surface area contributed by atoms with Crippen molar-refractivity contribution in [1.29, 1.82) is 0 Å². The molecule has 1 atom stereocenters. The first-order valence-electron chi connectivity index (χ1n) is 8.98. The van der Waals surface area contributed by atoms with Crippen LogP contribution in [0.1, 0.15) is 23.3 Å². The molecule has 2 amide bonds.